The standard InChI is InChI=1S/C13H29NSi/c1-7-15(8-2)9-13(11(3)4)14(10-15)12(5)6/h11-13H,7-10H2,1-6H3. The fourth-order valence-electron chi connectivity index (χ4n) is 3.08. The van der Waals surface area contributed by atoms with Crippen LogP contribution in [0.2, 0.25) is 18.1 Å². The van der Waals surface area contributed by atoms with Gasteiger partial charge < -0.3 is 4.90 Å². The Bertz CT molecular complexity index is 179. The zero-order valence-corrected chi connectivity index (χ0v) is 12.5. The maximum Gasteiger partial charge on any atom is 0.0700 e. The summed E-state index contributed by atoms with van der Waals surface area (Å²) in [4.78, 5) is 2.80. The van der Waals surface area contributed by atoms with Crippen molar-refractivity contribution in [2.24, 2.45) is 5.92 Å². The van der Waals surface area contributed by atoms with Crippen LogP contribution in [-0.2, 0) is 0 Å². The van der Waals surface area contributed by atoms with Crippen LogP contribution in [0.25, 0.3) is 0 Å². The van der Waals surface area contributed by atoms with Gasteiger partial charge in [0.2, 0.25) is 0 Å². The molecule has 0 radical (unpaired) electrons. The molecule has 0 N–H and O–H groups in total. The average molecular weight is 227 g/mol. The van der Waals surface area contributed by atoms with E-state index in [0.717, 1.165) is 18.0 Å². The van der Waals surface area contributed by atoms with Gasteiger partial charge in [0.05, 0.1) is 8.07 Å². The third kappa shape index (κ3) is 2.65. The molecule has 90 valence electrons. The highest BCUT2D eigenvalue weighted by Gasteiger charge is 2.44. The van der Waals surface area contributed by atoms with Gasteiger partial charge in [0.15, 0.2) is 0 Å². The lowest BCUT2D eigenvalue weighted by Crippen LogP contribution is -2.41. The second-order valence-corrected chi connectivity index (χ2v) is 11.1. The largest absolute Gasteiger partial charge is 0.301 e. The van der Waals surface area contributed by atoms with Crippen LogP contribution in [0.1, 0.15) is 41.5 Å². The fourth-order valence-corrected chi connectivity index (χ4v) is 7.70. The van der Waals surface area contributed by atoms with E-state index in [4.69, 9.17) is 0 Å². The van der Waals surface area contributed by atoms with Crippen molar-refractivity contribution in [3.8, 4) is 0 Å². The third-order valence-corrected chi connectivity index (χ3v) is 9.84. The molecule has 15 heavy (non-hydrogen) atoms. The van der Waals surface area contributed by atoms with Crippen molar-refractivity contribution in [2.45, 2.75) is 71.8 Å². The molecule has 1 nitrogen and oxygen atoms in total. The summed E-state index contributed by atoms with van der Waals surface area (Å²) in [5.74, 6) is 0.833. The van der Waals surface area contributed by atoms with E-state index in [1.807, 2.05) is 0 Å². The SMILES string of the molecule is CC[Si]1(CC)CC(C(C)C)N(C(C)C)C1. The van der Waals surface area contributed by atoms with Gasteiger partial charge >= 0.3 is 0 Å². The quantitative estimate of drug-likeness (QED) is 0.661. The van der Waals surface area contributed by atoms with Crippen molar-refractivity contribution in [1.29, 1.82) is 0 Å². The highest BCUT2D eigenvalue weighted by molar-refractivity contribution is 6.80. The van der Waals surface area contributed by atoms with E-state index >= 15 is 0 Å². The van der Waals surface area contributed by atoms with Crippen LogP contribution in [0.15, 0.2) is 0 Å². The summed E-state index contributed by atoms with van der Waals surface area (Å²) in [5, 5.41) is 0. The zero-order valence-electron chi connectivity index (χ0n) is 11.5. The van der Waals surface area contributed by atoms with Gasteiger partial charge in [-0.05, 0) is 32.0 Å². The van der Waals surface area contributed by atoms with Gasteiger partial charge in [-0.1, -0.05) is 39.8 Å². The molecule has 1 heterocycles. The maximum atomic E-state index is 2.80. The summed E-state index contributed by atoms with van der Waals surface area (Å²) >= 11 is 0. The zero-order chi connectivity index (χ0) is 11.6. The molecule has 0 aromatic heterocycles. The molecular formula is C13H29NSi. The molecule has 0 bridgehead atoms. The first kappa shape index (κ1) is 13.2. The van der Waals surface area contributed by atoms with Crippen molar-refractivity contribution >= 4 is 8.07 Å². The molecule has 0 amide bonds. The van der Waals surface area contributed by atoms with E-state index in [1.165, 1.54) is 18.3 Å². The lowest BCUT2D eigenvalue weighted by atomic mass is 10.0. The van der Waals surface area contributed by atoms with Crippen molar-refractivity contribution in [1.82, 2.24) is 4.90 Å². The summed E-state index contributed by atoms with van der Waals surface area (Å²) in [5.41, 5.74) is 0. The van der Waals surface area contributed by atoms with Crippen molar-refractivity contribution in [3.63, 3.8) is 0 Å². The van der Waals surface area contributed by atoms with E-state index in [-0.39, 0.29) is 0 Å². The Labute approximate surface area is 97.3 Å². The Morgan fingerprint density at radius 2 is 1.67 bits per heavy atom. The van der Waals surface area contributed by atoms with Crippen molar-refractivity contribution < 1.29 is 0 Å². The minimum absolute atomic E-state index is 0.741. The van der Waals surface area contributed by atoms with Crippen LogP contribution in [0.5, 0.6) is 0 Å². The first-order chi connectivity index (χ1) is 6.95. The summed E-state index contributed by atoms with van der Waals surface area (Å²) in [7, 11) is -0.906. The molecule has 1 fully saturated rings. The van der Waals surface area contributed by atoms with Gasteiger partial charge in [0, 0.05) is 12.1 Å². The van der Waals surface area contributed by atoms with Crippen molar-refractivity contribution in [2.75, 3.05) is 6.17 Å². The van der Waals surface area contributed by atoms with Crippen LogP contribution < -0.4 is 0 Å². The Hall–Kier alpha value is 0.177. The van der Waals surface area contributed by atoms with Gasteiger partial charge in [-0.15, -0.1) is 0 Å². The number of rotatable bonds is 4. The molecule has 1 aliphatic heterocycles. The first-order valence-electron chi connectivity index (χ1n) is 6.71. The number of hydrogen-bond acceptors (Lipinski definition) is 1. The molecule has 1 unspecified atom stereocenters. The van der Waals surface area contributed by atoms with Crippen LogP contribution in [-0.4, -0.2) is 31.2 Å². The van der Waals surface area contributed by atoms with E-state index in [1.54, 1.807) is 6.04 Å². The van der Waals surface area contributed by atoms with Crippen LogP contribution in [0, 0.1) is 5.92 Å². The molecule has 1 atom stereocenters. The minimum atomic E-state index is -0.906. The average Bonchev–Trinajstić information content (AvgIpc) is 2.58. The smallest absolute Gasteiger partial charge is 0.0700 e. The van der Waals surface area contributed by atoms with E-state index in [0.29, 0.717) is 0 Å². The fraction of sp³-hybridized carbons (Fsp3) is 1.00. The summed E-state index contributed by atoms with van der Waals surface area (Å²) < 4.78 is 0. The van der Waals surface area contributed by atoms with Gasteiger partial charge in [0.1, 0.15) is 0 Å². The Morgan fingerprint density at radius 1 is 1.13 bits per heavy atom. The van der Waals surface area contributed by atoms with Gasteiger partial charge in [0.25, 0.3) is 0 Å². The Morgan fingerprint density at radius 3 is 1.93 bits per heavy atom. The maximum absolute atomic E-state index is 2.80. The molecular weight excluding hydrogens is 198 g/mol. The highest BCUT2D eigenvalue weighted by Crippen LogP contribution is 2.36. The minimum Gasteiger partial charge on any atom is -0.301 e. The van der Waals surface area contributed by atoms with E-state index in [9.17, 15) is 0 Å². The monoisotopic (exact) mass is 227 g/mol. The summed E-state index contributed by atoms with van der Waals surface area (Å²) in [6, 6.07) is 6.13. The Kier molecular flexibility index (Phi) is 4.42. The van der Waals surface area contributed by atoms with Gasteiger partial charge in [-0.3, -0.25) is 0 Å². The first-order valence-corrected chi connectivity index (χ1v) is 9.54. The highest BCUT2D eigenvalue weighted by atomic mass is 28.3. The second-order valence-electron chi connectivity index (χ2n) is 5.99. The van der Waals surface area contributed by atoms with Crippen LogP contribution in [0.3, 0.4) is 0 Å². The van der Waals surface area contributed by atoms with Crippen LogP contribution in [0.4, 0.5) is 0 Å². The van der Waals surface area contributed by atoms with Crippen molar-refractivity contribution in [3.05, 3.63) is 0 Å². The molecule has 0 aromatic carbocycles. The van der Waals surface area contributed by atoms with E-state index in [2.05, 4.69) is 46.4 Å². The summed E-state index contributed by atoms with van der Waals surface area (Å²) in [6.07, 6.45) is 1.46. The molecule has 0 aliphatic carbocycles. The lowest BCUT2D eigenvalue weighted by Gasteiger charge is -2.31. The lowest BCUT2D eigenvalue weighted by molar-refractivity contribution is 0.172. The number of hydrogen-bond donors (Lipinski definition) is 0. The molecule has 2 heteroatoms. The predicted octanol–water partition coefficient (Wildman–Crippen LogP) is 3.76. The molecule has 0 saturated carbocycles. The second kappa shape index (κ2) is 5.01. The van der Waals surface area contributed by atoms with Crippen LogP contribution >= 0.6 is 0 Å². The Balaban J connectivity index is 2.81. The molecule has 0 spiro atoms. The third-order valence-electron chi connectivity index (χ3n) is 4.52. The van der Waals surface area contributed by atoms with E-state index < -0.39 is 8.07 Å². The molecule has 1 rings (SSSR count). The topological polar surface area (TPSA) is 3.24 Å². The molecule has 0 aromatic rings. The van der Waals surface area contributed by atoms with Gasteiger partial charge in [-0.25, -0.2) is 0 Å². The summed E-state index contributed by atoms with van der Waals surface area (Å²) in [6.45, 7) is 14.4. The predicted molar refractivity (Wildman–Crippen MR) is 72.0 cm³/mol. The molecule has 1 aliphatic rings. The molecule has 1 saturated heterocycles. The van der Waals surface area contributed by atoms with Gasteiger partial charge in [-0.2, -0.15) is 0 Å². The number of nitrogens with zero attached hydrogens (tertiary/aromatic N) is 1. The normalized spacial score (nSPS) is 26.8.